The number of likely N-dealkylation sites (tertiary alicyclic amines) is 1. The number of fused-ring (bicyclic) bond motifs is 2. The first-order valence-corrected chi connectivity index (χ1v) is 22.5. The van der Waals surface area contributed by atoms with E-state index in [0.29, 0.717) is 69.1 Å². The molecule has 1 atom stereocenters. The van der Waals surface area contributed by atoms with Crippen LogP contribution in [0.3, 0.4) is 0 Å². The van der Waals surface area contributed by atoms with Gasteiger partial charge in [0, 0.05) is 58.7 Å². The van der Waals surface area contributed by atoms with Gasteiger partial charge in [0.05, 0.1) is 54.6 Å². The molecule has 6 heterocycles. The van der Waals surface area contributed by atoms with Crippen LogP contribution < -0.4 is 15.9 Å². The van der Waals surface area contributed by atoms with Gasteiger partial charge >= 0.3 is 5.69 Å². The van der Waals surface area contributed by atoms with Crippen molar-refractivity contribution in [3.8, 4) is 0 Å². The minimum Gasteiger partial charge on any atom is -0.381 e. The molecule has 0 radical (unpaired) electrons. The summed E-state index contributed by atoms with van der Waals surface area (Å²) < 4.78 is 46.5. The molecule has 1 N–H and O–H groups in total. The Balaban J connectivity index is 0.712. The number of benzene rings is 1. The fourth-order valence-corrected chi connectivity index (χ4v) is 10.1. The van der Waals surface area contributed by atoms with Crippen molar-refractivity contribution in [1.82, 2.24) is 38.4 Å². The minimum absolute atomic E-state index is 0.000459. The monoisotopic (exact) mass is 870 g/mol. The quantitative estimate of drug-likeness (QED) is 0.110. The smallest absolute Gasteiger partial charge is 0.329 e. The average Bonchev–Trinajstić information content (AvgIpc) is 3.99. The van der Waals surface area contributed by atoms with E-state index in [4.69, 9.17) is 9.47 Å². The third-order valence-electron chi connectivity index (χ3n) is 13.6. The van der Waals surface area contributed by atoms with Gasteiger partial charge in [0.25, 0.3) is 12.3 Å². The number of alkyl halides is 2. The van der Waals surface area contributed by atoms with Crippen LogP contribution in [0.4, 0.5) is 20.3 Å². The highest BCUT2D eigenvalue weighted by Crippen LogP contribution is 2.36. The largest absolute Gasteiger partial charge is 0.381 e. The SMILES string of the molecule is Cn1c(=O)n(C2CCC(=O)CC2=O)c2cccc(CCCOCC3CCN(CC4CCC(n5cc(NC(=O)c6cnn7ccc(N8CCOCC8)nc67)c(C(F)F)n5)CC4)CC3)c21. The van der Waals surface area contributed by atoms with E-state index >= 15 is 0 Å². The van der Waals surface area contributed by atoms with Gasteiger partial charge in [0.2, 0.25) is 0 Å². The Labute approximate surface area is 363 Å². The first kappa shape index (κ1) is 42.9. The van der Waals surface area contributed by atoms with E-state index in [1.54, 1.807) is 33.3 Å². The van der Waals surface area contributed by atoms with Crippen LogP contribution in [0.5, 0.6) is 0 Å². The molecule has 1 amide bonds. The molecule has 5 aromatic rings. The molecular formula is C45H56F2N10O6. The number of carbonyl (C=O) groups is 3. The van der Waals surface area contributed by atoms with E-state index in [1.165, 1.54) is 10.7 Å². The maximum absolute atomic E-state index is 14.3. The summed E-state index contributed by atoms with van der Waals surface area (Å²) in [7, 11) is 1.75. The van der Waals surface area contributed by atoms with Crippen LogP contribution >= 0.6 is 0 Å². The molecule has 18 heteroatoms. The Bertz CT molecular complexity index is 2510. The van der Waals surface area contributed by atoms with E-state index in [0.717, 1.165) is 94.2 Å². The number of halogens is 2. The second-order valence-electron chi connectivity index (χ2n) is 17.7. The van der Waals surface area contributed by atoms with Crippen molar-refractivity contribution in [3.63, 3.8) is 0 Å². The van der Waals surface area contributed by atoms with Crippen molar-refractivity contribution in [3.05, 3.63) is 70.2 Å². The number of para-hydroxylation sites is 1. The molecule has 1 unspecified atom stereocenters. The number of rotatable bonds is 14. The summed E-state index contributed by atoms with van der Waals surface area (Å²) in [4.78, 5) is 60.6. The van der Waals surface area contributed by atoms with Crippen molar-refractivity contribution in [2.75, 3.05) is 69.4 Å². The number of ether oxygens (including phenoxy) is 2. The number of Topliss-reactive ketones (excluding diaryl/α,β-unsaturated/α-hetero) is 2. The zero-order valence-corrected chi connectivity index (χ0v) is 35.8. The number of amides is 1. The molecule has 2 aliphatic heterocycles. The highest BCUT2D eigenvalue weighted by atomic mass is 19.3. The molecule has 4 fully saturated rings. The Morgan fingerprint density at radius 1 is 0.984 bits per heavy atom. The summed E-state index contributed by atoms with van der Waals surface area (Å²) in [5.41, 5.74) is 2.49. The first-order valence-electron chi connectivity index (χ1n) is 22.5. The molecule has 4 aromatic heterocycles. The van der Waals surface area contributed by atoms with E-state index in [2.05, 4.69) is 30.3 Å². The Morgan fingerprint density at radius 2 is 1.78 bits per heavy atom. The lowest BCUT2D eigenvalue weighted by molar-refractivity contribution is -0.132. The van der Waals surface area contributed by atoms with E-state index in [-0.39, 0.29) is 41.0 Å². The predicted molar refractivity (Wildman–Crippen MR) is 231 cm³/mol. The third-order valence-corrected chi connectivity index (χ3v) is 13.6. The van der Waals surface area contributed by atoms with Crippen LogP contribution in [0, 0.1) is 11.8 Å². The van der Waals surface area contributed by atoms with Crippen LogP contribution in [0.1, 0.15) is 104 Å². The lowest BCUT2D eigenvalue weighted by Gasteiger charge is -2.36. The summed E-state index contributed by atoms with van der Waals surface area (Å²) in [5, 5.41) is 11.2. The van der Waals surface area contributed by atoms with Gasteiger partial charge < -0.3 is 24.6 Å². The van der Waals surface area contributed by atoms with Crippen molar-refractivity contribution >= 4 is 45.7 Å². The van der Waals surface area contributed by atoms with Crippen molar-refractivity contribution in [2.24, 2.45) is 18.9 Å². The second kappa shape index (κ2) is 18.8. The average molecular weight is 871 g/mol. The topological polar surface area (TPSA) is 163 Å². The fraction of sp³-hybridized carbons (Fsp3) is 0.578. The maximum Gasteiger partial charge on any atom is 0.329 e. The molecule has 63 heavy (non-hydrogen) atoms. The van der Waals surface area contributed by atoms with Gasteiger partial charge in [0.15, 0.2) is 17.1 Å². The number of aromatic nitrogens is 7. The molecule has 2 aliphatic carbocycles. The predicted octanol–water partition coefficient (Wildman–Crippen LogP) is 5.56. The number of nitrogens with one attached hydrogen (secondary N) is 1. The second-order valence-corrected chi connectivity index (χ2v) is 17.7. The molecular weight excluding hydrogens is 815 g/mol. The molecule has 4 aliphatic rings. The third kappa shape index (κ3) is 9.20. The number of nitrogens with zero attached hydrogens (tertiary/aromatic N) is 9. The zero-order valence-electron chi connectivity index (χ0n) is 35.8. The van der Waals surface area contributed by atoms with Crippen LogP contribution in [-0.4, -0.2) is 115 Å². The molecule has 0 spiro atoms. The van der Waals surface area contributed by atoms with Crippen molar-refractivity contribution in [1.29, 1.82) is 0 Å². The first-order chi connectivity index (χ1) is 30.6. The maximum atomic E-state index is 14.3. The highest BCUT2D eigenvalue weighted by Gasteiger charge is 2.33. The lowest BCUT2D eigenvalue weighted by Crippen LogP contribution is -2.39. The highest BCUT2D eigenvalue weighted by molar-refractivity contribution is 6.08. The summed E-state index contributed by atoms with van der Waals surface area (Å²) >= 11 is 0. The zero-order chi connectivity index (χ0) is 43.6. The van der Waals surface area contributed by atoms with Gasteiger partial charge in [-0.2, -0.15) is 10.2 Å². The van der Waals surface area contributed by atoms with Crippen LogP contribution in [0.2, 0.25) is 0 Å². The van der Waals surface area contributed by atoms with Crippen LogP contribution in [-0.2, 0) is 32.5 Å². The number of imidazole rings is 1. The van der Waals surface area contributed by atoms with E-state index in [1.807, 2.05) is 24.3 Å². The van der Waals surface area contributed by atoms with E-state index in [9.17, 15) is 28.0 Å². The Kier molecular flexibility index (Phi) is 12.8. The summed E-state index contributed by atoms with van der Waals surface area (Å²) in [5.74, 6) is 0.909. The van der Waals surface area contributed by atoms with E-state index < -0.39 is 24.1 Å². The number of hydrogen-bond donors (Lipinski definition) is 1. The Hall–Kier alpha value is -5.33. The minimum atomic E-state index is -2.85. The molecule has 2 saturated heterocycles. The van der Waals surface area contributed by atoms with Gasteiger partial charge in [-0.1, -0.05) is 12.1 Å². The summed E-state index contributed by atoms with van der Waals surface area (Å²) in [6, 6.07) is 7.06. The van der Waals surface area contributed by atoms with Gasteiger partial charge in [-0.15, -0.1) is 0 Å². The normalized spacial score (nSPS) is 21.9. The van der Waals surface area contributed by atoms with Crippen LogP contribution in [0.15, 0.2) is 47.7 Å². The van der Waals surface area contributed by atoms with Crippen LogP contribution in [0.25, 0.3) is 16.7 Å². The van der Waals surface area contributed by atoms with Gasteiger partial charge in [-0.3, -0.25) is 28.2 Å². The number of morpholine rings is 1. The number of hydrogen-bond acceptors (Lipinski definition) is 11. The van der Waals surface area contributed by atoms with Gasteiger partial charge in [0.1, 0.15) is 17.2 Å². The number of piperidine rings is 1. The van der Waals surface area contributed by atoms with Crippen molar-refractivity contribution < 1.29 is 32.6 Å². The molecule has 0 bridgehead atoms. The van der Waals surface area contributed by atoms with Crippen molar-refractivity contribution in [2.45, 2.75) is 89.1 Å². The molecule has 1 aromatic carbocycles. The number of anilines is 2. The molecule has 16 nitrogen and oxygen atoms in total. The number of aryl methyl sites for hydroxylation is 2. The number of ketones is 2. The molecule has 9 rings (SSSR count). The van der Waals surface area contributed by atoms with Gasteiger partial charge in [-0.05, 0) is 100 Å². The standard InChI is InChI=1S/C45H56F2N10O6/c1-52-41-31(4-2-6-37(41)57(45(52)61)36-12-11-33(58)24-38(36)59)5-3-21-63-28-30-13-16-53(17-14-30)26-29-7-9-32(10-8-29)56-27-35(40(51-56)42(46)47)49-44(60)34-25-48-55-18-15-39(50-43(34)55)54-19-22-62-23-20-54/h2,4,6,15,18,25,27,29-30,32,36,42H,3,5,7-14,16-17,19-24,26,28H2,1H3,(H,49,60). The summed E-state index contributed by atoms with van der Waals surface area (Å²) in [6.07, 6.45) is 9.73. The summed E-state index contributed by atoms with van der Waals surface area (Å²) in [6.45, 7) is 6.95. The molecule has 336 valence electrons. The number of carbonyl (C=O) groups excluding carboxylic acids is 3. The molecule has 2 saturated carbocycles. The van der Waals surface area contributed by atoms with Gasteiger partial charge in [-0.25, -0.2) is 23.1 Å². The lowest BCUT2D eigenvalue weighted by atomic mass is 9.85. The Morgan fingerprint density at radius 3 is 2.54 bits per heavy atom. The fourth-order valence-electron chi connectivity index (χ4n) is 10.1.